The zero-order valence-electron chi connectivity index (χ0n) is 7.88. The van der Waals surface area contributed by atoms with Gasteiger partial charge in [-0.1, -0.05) is 12.2 Å². The summed E-state index contributed by atoms with van der Waals surface area (Å²) in [7, 11) is 4.31. The van der Waals surface area contributed by atoms with Crippen molar-refractivity contribution in [1.29, 1.82) is 0 Å². The normalized spacial score (nSPS) is 26.4. The van der Waals surface area contributed by atoms with Crippen LogP contribution in [0.2, 0.25) is 0 Å². The molecule has 0 radical (unpaired) electrons. The summed E-state index contributed by atoms with van der Waals surface area (Å²) in [5, 5.41) is 0. The molecule has 0 amide bonds. The van der Waals surface area contributed by atoms with E-state index in [-0.39, 0.29) is 0 Å². The van der Waals surface area contributed by atoms with Gasteiger partial charge < -0.3 is 4.90 Å². The van der Waals surface area contributed by atoms with Gasteiger partial charge in [-0.25, -0.2) is 0 Å². The molecule has 1 aliphatic rings. The fourth-order valence-corrected chi connectivity index (χ4v) is 1.54. The second-order valence-corrected chi connectivity index (χ2v) is 3.81. The summed E-state index contributed by atoms with van der Waals surface area (Å²) >= 11 is 0. The Hall–Kier alpha value is -0.300. The smallest absolute Gasteiger partial charge is 0.00664 e. The van der Waals surface area contributed by atoms with Crippen LogP contribution < -0.4 is 0 Å². The van der Waals surface area contributed by atoms with Gasteiger partial charge in [0.05, 0.1) is 0 Å². The summed E-state index contributed by atoms with van der Waals surface area (Å²) in [6.45, 7) is 2.30. The van der Waals surface area contributed by atoms with E-state index in [0.29, 0.717) is 0 Å². The molecular weight excluding hydrogens is 134 g/mol. The van der Waals surface area contributed by atoms with Gasteiger partial charge >= 0.3 is 0 Å². The van der Waals surface area contributed by atoms with Crippen molar-refractivity contribution in [3.05, 3.63) is 12.2 Å². The van der Waals surface area contributed by atoms with Crippen LogP contribution in [-0.4, -0.2) is 25.0 Å². The third-order valence-electron chi connectivity index (χ3n) is 2.64. The average molecular weight is 153 g/mol. The van der Waals surface area contributed by atoms with Crippen molar-refractivity contribution in [2.75, 3.05) is 14.1 Å². The second-order valence-electron chi connectivity index (χ2n) is 3.81. The van der Waals surface area contributed by atoms with E-state index in [2.05, 4.69) is 38.1 Å². The van der Waals surface area contributed by atoms with Crippen molar-refractivity contribution in [3.8, 4) is 0 Å². The molecule has 0 aliphatic heterocycles. The minimum atomic E-state index is 0.725. The van der Waals surface area contributed by atoms with Crippen molar-refractivity contribution < 1.29 is 0 Å². The molecule has 0 bridgehead atoms. The van der Waals surface area contributed by atoms with E-state index in [1.807, 2.05) is 0 Å². The molecule has 1 nitrogen and oxygen atoms in total. The predicted molar refractivity (Wildman–Crippen MR) is 49.6 cm³/mol. The first-order valence-electron chi connectivity index (χ1n) is 4.53. The number of hydrogen-bond acceptors (Lipinski definition) is 1. The Labute approximate surface area is 70.1 Å². The SMILES string of the molecule is CC(CC1C=CCC1)N(C)C. The van der Waals surface area contributed by atoms with Crippen LogP contribution in [0.4, 0.5) is 0 Å². The minimum Gasteiger partial charge on any atom is -0.307 e. The Kier molecular flexibility index (Phi) is 3.13. The highest BCUT2D eigenvalue weighted by molar-refractivity contribution is 4.96. The molecule has 0 fully saturated rings. The topological polar surface area (TPSA) is 3.24 Å². The van der Waals surface area contributed by atoms with Gasteiger partial charge in [0, 0.05) is 6.04 Å². The van der Waals surface area contributed by atoms with Gasteiger partial charge in [0.1, 0.15) is 0 Å². The maximum atomic E-state index is 2.38. The van der Waals surface area contributed by atoms with E-state index in [1.165, 1.54) is 19.3 Å². The largest absolute Gasteiger partial charge is 0.307 e. The second kappa shape index (κ2) is 3.91. The van der Waals surface area contributed by atoms with Gasteiger partial charge in [-0.3, -0.25) is 0 Å². The lowest BCUT2D eigenvalue weighted by atomic mass is 10.00. The molecule has 2 atom stereocenters. The quantitative estimate of drug-likeness (QED) is 0.562. The van der Waals surface area contributed by atoms with Gasteiger partial charge in [-0.15, -0.1) is 0 Å². The van der Waals surface area contributed by atoms with Crippen molar-refractivity contribution in [2.24, 2.45) is 5.92 Å². The molecule has 0 saturated heterocycles. The Bertz CT molecular complexity index is 138. The lowest BCUT2D eigenvalue weighted by Crippen LogP contribution is -2.26. The Morgan fingerprint density at radius 2 is 2.27 bits per heavy atom. The molecule has 64 valence electrons. The fraction of sp³-hybridized carbons (Fsp3) is 0.800. The molecule has 2 unspecified atom stereocenters. The molecule has 0 N–H and O–H groups in total. The van der Waals surface area contributed by atoms with Crippen LogP contribution in [0.25, 0.3) is 0 Å². The van der Waals surface area contributed by atoms with Crippen molar-refractivity contribution in [3.63, 3.8) is 0 Å². The third-order valence-corrected chi connectivity index (χ3v) is 2.64. The zero-order valence-corrected chi connectivity index (χ0v) is 7.88. The first-order valence-corrected chi connectivity index (χ1v) is 4.53. The summed E-state index contributed by atoms with van der Waals surface area (Å²) in [4.78, 5) is 2.30. The summed E-state index contributed by atoms with van der Waals surface area (Å²) < 4.78 is 0. The Balaban J connectivity index is 2.24. The summed E-state index contributed by atoms with van der Waals surface area (Å²) in [6.07, 6.45) is 8.68. The Morgan fingerprint density at radius 3 is 2.73 bits per heavy atom. The van der Waals surface area contributed by atoms with E-state index in [4.69, 9.17) is 0 Å². The molecule has 0 aromatic rings. The highest BCUT2D eigenvalue weighted by Gasteiger charge is 2.13. The van der Waals surface area contributed by atoms with E-state index < -0.39 is 0 Å². The standard InChI is InChI=1S/C10H19N/c1-9(11(2)3)8-10-6-4-5-7-10/h4,6,9-10H,5,7-8H2,1-3H3. The molecule has 11 heavy (non-hydrogen) atoms. The molecule has 0 heterocycles. The first kappa shape index (κ1) is 8.79. The summed E-state index contributed by atoms with van der Waals surface area (Å²) in [5.41, 5.74) is 0. The third kappa shape index (κ3) is 2.66. The zero-order chi connectivity index (χ0) is 8.27. The van der Waals surface area contributed by atoms with Crippen LogP contribution in [0.15, 0.2) is 12.2 Å². The molecular formula is C10H19N. The Morgan fingerprint density at radius 1 is 1.55 bits per heavy atom. The van der Waals surface area contributed by atoms with E-state index in [9.17, 15) is 0 Å². The maximum absolute atomic E-state index is 2.38. The number of allylic oxidation sites excluding steroid dienone is 2. The van der Waals surface area contributed by atoms with Gasteiger partial charge in [0.2, 0.25) is 0 Å². The van der Waals surface area contributed by atoms with Crippen LogP contribution >= 0.6 is 0 Å². The van der Waals surface area contributed by atoms with Crippen LogP contribution in [-0.2, 0) is 0 Å². The van der Waals surface area contributed by atoms with Crippen molar-refractivity contribution in [2.45, 2.75) is 32.2 Å². The molecule has 0 saturated carbocycles. The highest BCUT2D eigenvalue weighted by Crippen LogP contribution is 2.22. The summed E-state index contributed by atoms with van der Waals surface area (Å²) in [6, 6.07) is 0.725. The number of nitrogens with zero attached hydrogens (tertiary/aromatic N) is 1. The van der Waals surface area contributed by atoms with Crippen LogP contribution in [0.1, 0.15) is 26.2 Å². The molecule has 1 aliphatic carbocycles. The van der Waals surface area contributed by atoms with Gasteiger partial charge in [-0.05, 0) is 46.2 Å². The monoisotopic (exact) mass is 153 g/mol. The van der Waals surface area contributed by atoms with E-state index in [1.54, 1.807) is 0 Å². The summed E-state index contributed by atoms with van der Waals surface area (Å²) in [5.74, 6) is 0.854. The predicted octanol–water partition coefficient (Wildman–Crippen LogP) is 2.29. The van der Waals surface area contributed by atoms with Crippen molar-refractivity contribution in [1.82, 2.24) is 4.90 Å². The van der Waals surface area contributed by atoms with Gasteiger partial charge in [0.15, 0.2) is 0 Å². The molecule has 0 aromatic heterocycles. The molecule has 1 rings (SSSR count). The average Bonchev–Trinajstić information content (AvgIpc) is 2.39. The van der Waals surface area contributed by atoms with Crippen LogP contribution in [0.3, 0.4) is 0 Å². The fourth-order valence-electron chi connectivity index (χ4n) is 1.54. The molecule has 0 spiro atoms. The first-order chi connectivity index (χ1) is 5.20. The number of rotatable bonds is 3. The highest BCUT2D eigenvalue weighted by atomic mass is 15.1. The maximum Gasteiger partial charge on any atom is 0.00664 e. The minimum absolute atomic E-state index is 0.725. The number of hydrogen-bond donors (Lipinski definition) is 0. The lowest BCUT2D eigenvalue weighted by molar-refractivity contribution is 0.275. The molecule has 0 aromatic carbocycles. The van der Waals surface area contributed by atoms with Crippen molar-refractivity contribution >= 4 is 0 Å². The lowest BCUT2D eigenvalue weighted by Gasteiger charge is -2.22. The van der Waals surface area contributed by atoms with Crippen LogP contribution in [0.5, 0.6) is 0 Å². The van der Waals surface area contributed by atoms with Gasteiger partial charge in [-0.2, -0.15) is 0 Å². The van der Waals surface area contributed by atoms with Crippen LogP contribution in [0, 0.1) is 5.92 Å². The molecule has 1 heteroatoms. The van der Waals surface area contributed by atoms with E-state index in [0.717, 1.165) is 12.0 Å². The van der Waals surface area contributed by atoms with E-state index >= 15 is 0 Å². The van der Waals surface area contributed by atoms with Gasteiger partial charge in [0.25, 0.3) is 0 Å².